The summed E-state index contributed by atoms with van der Waals surface area (Å²) in [5, 5.41) is 3.25. The Labute approximate surface area is 110 Å². The van der Waals surface area contributed by atoms with E-state index < -0.39 is 4.87 Å². The summed E-state index contributed by atoms with van der Waals surface area (Å²) >= 11 is 6.64. The molecule has 0 bridgehead atoms. The highest BCUT2D eigenvalue weighted by molar-refractivity contribution is 6.27. The van der Waals surface area contributed by atoms with E-state index in [4.69, 9.17) is 22.8 Å². The van der Waals surface area contributed by atoms with Crippen molar-refractivity contribution in [3.05, 3.63) is 0 Å². The standard InChI is InChI=1S/C14H24ClNO/c1-7-14(15)12(16-6)11(8-9(2)3)17-13(14)10(4)5/h1,9-13,16H,8H2,2-6H3/t11-,12+,13+,14-/m1/s1. The van der Waals surface area contributed by atoms with E-state index in [1.54, 1.807) is 0 Å². The number of likely N-dealkylation sites (N-methyl/N-ethyl adjacent to an activating group) is 1. The molecule has 1 aliphatic rings. The Morgan fingerprint density at radius 2 is 2.00 bits per heavy atom. The van der Waals surface area contributed by atoms with Gasteiger partial charge in [-0.25, -0.2) is 0 Å². The second kappa shape index (κ2) is 5.61. The first-order valence-electron chi connectivity index (χ1n) is 6.36. The first-order chi connectivity index (χ1) is 7.86. The Morgan fingerprint density at radius 1 is 1.41 bits per heavy atom. The normalized spacial score (nSPS) is 37.7. The topological polar surface area (TPSA) is 21.3 Å². The fraction of sp³-hybridized carbons (Fsp3) is 0.857. The Bertz CT molecular complexity index is 297. The first-order valence-corrected chi connectivity index (χ1v) is 6.74. The molecule has 0 aromatic carbocycles. The zero-order valence-electron chi connectivity index (χ0n) is 11.5. The van der Waals surface area contributed by atoms with Gasteiger partial charge in [-0.3, -0.25) is 0 Å². The van der Waals surface area contributed by atoms with Crippen molar-refractivity contribution in [2.75, 3.05) is 7.05 Å². The lowest BCUT2D eigenvalue weighted by Crippen LogP contribution is -2.50. The molecule has 2 nitrogen and oxygen atoms in total. The van der Waals surface area contributed by atoms with Crippen molar-refractivity contribution in [1.29, 1.82) is 0 Å². The molecule has 1 aliphatic heterocycles. The van der Waals surface area contributed by atoms with Crippen molar-refractivity contribution in [1.82, 2.24) is 5.32 Å². The maximum absolute atomic E-state index is 6.64. The molecule has 1 fully saturated rings. The molecule has 1 heterocycles. The molecule has 0 radical (unpaired) electrons. The van der Waals surface area contributed by atoms with Crippen LogP contribution < -0.4 is 5.32 Å². The number of hydrogen-bond donors (Lipinski definition) is 1. The third-order valence-electron chi connectivity index (χ3n) is 3.40. The fourth-order valence-corrected chi connectivity index (χ4v) is 3.23. The van der Waals surface area contributed by atoms with Gasteiger partial charge in [0.15, 0.2) is 0 Å². The van der Waals surface area contributed by atoms with Crippen LogP contribution in [0.4, 0.5) is 0 Å². The van der Waals surface area contributed by atoms with Gasteiger partial charge >= 0.3 is 0 Å². The van der Waals surface area contributed by atoms with Gasteiger partial charge in [0.25, 0.3) is 0 Å². The Hall–Kier alpha value is -0.230. The molecular formula is C14H24ClNO. The summed E-state index contributed by atoms with van der Waals surface area (Å²) in [5.74, 6) is 3.64. The molecule has 1 N–H and O–H groups in total. The van der Waals surface area contributed by atoms with Crippen LogP contribution in [-0.4, -0.2) is 30.2 Å². The monoisotopic (exact) mass is 257 g/mol. The molecule has 1 rings (SSSR count). The zero-order chi connectivity index (χ0) is 13.2. The van der Waals surface area contributed by atoms with E-state index in [9.17, 15) is 0 Å². The summed E-state index contributed by atoms with van der Waals surface area (Å²) in [6.45, 7) is 8.57. The molecule has 17 heavy (non-hydrogen) atoms. The number of terminal acetylenes is 1. The van der Waals surface area contributed by atoms with E-state index in [0.29, 0.717) is 11.8 Å². The van der Waals surface area contributed by atoms with Crippen LogP contribution in [0, 0.1) is 24.2 Å². The van der Waals surface area contributed by atoms with Gasteiger partial charge in [0, 0.05) is 0 Å². The highest BCUT2D eigenvalue weighted by Crippen LogP contribution is 2.41. The van der Waals surface area contributed by atoms with Crippen molar-refractivity contribution in [2.45, 2.75) is 57.2 Å². The van der Waals surface area contributed by atoms with Gasteiger partial charge in [-0.1, -0.05) is 33.6 Å². The van der Waals surface area contributed by atoms with Gasteiger partial charge < -0.3 is 10.1 Å². The zero-order valence-corrected chi connectivity index (χ0v) is 12.2. The van der Waals surface area contributed by atoms with E-state index in [1.165, 1.54) is 0 Å². The van der Waals surface area contributed by atoms with Crippen LogP contribution in [0.15, 0.2) is 0 Å². The van der Waals surface area contributed by atoms with E-state index in [-0.39, 0.29) is 18.2 Å². The summed E-state index contributed by atoms with van der Waals surface area (Å²) in [4.78, 5) is -0.734. The second-order valence-electron chi connectivity index (χ2n) is 5.65. The minimum Gasteiger partial charge on any atom is -0.370 e. The highest BCUT2D eigenvalue weighted by Gasteiger charge is 2.54. The minimum atomic E-state index is -0.734. The molecule has 0 spiro atoms. The second-order valence-corrected chi connectivity index (χ2v) is 6.27. The van der Waals surface area contributed by atoms with Crippen LogP contribution in [0.2, 0.25) is 0 Å². The summed E-state index contributed by atoms with van der Waals surface area (Å²) in [7, 11) is 1.90. The molecule has 98 valence electrons. The van der Waals surface area contributed by atoms with Gasteiger partial charge in [-0.05, 0) is 25.3 Å². The van der Waals surface area contributed by atoms with Crippen molar-refractivity contribution in [2.24, 2.45) is 11.8 Å². The van der Waals surface area contributed by atoms with Gasteiger partial charge in [0.2, 0.25) is 0 Å². The summed E-state index contributed by atoms with van der Waals surface area (Å²) in [6.07, 6.45) is 6.64. The highest BCUT2D eigenvalue weighted by atomic mass is 35.5. The molecule has 0 aliphatic carbocycles. The summed E-state index contributed by atoms with van der Waals surface area (Å²) in [6, 6.07) is 0.0176. The van der Waals surface area contributed by atoms with Gasteiger partial charge in [-0.2, -0.15) is 0 Å². The van der Waals surface area contributed by atoms with Crippen LogP contribution >= 0.6 is 11.6 Å². The molecular weight excluding hydrogens is 234 g/mol. The Morgan fingerprint density at radius 3 is 2.35 bits per heavy atom. The number of alkyl halides is 1. The molecule has 3 heteroatoms. The first kappa shape index (κ1) is 14.8. The Balaban J connectivity index is 2.97. The minimum absolute atomic E-state index is 0.0176. The number of hydrogen-bond acceptors (Lipinski definition) is 2. The lowest BCUT2D eigenvalue weighted by Gasteiger charge is -2.29. The largest absolute Gasteiger partial charge is 0.370 e. The molecule has 0 unspecified atom stereocenters. The predicted molar refractivity (Wildman–Crippen MR) is 73.2 cm³/mol. The van der Waals surface area contributed by atoms with Gasteiger partial charge in [-0.15, -0.1) is 18.0 Å². The van der Waals surface area contributed by atoms with Crippen molar-refractivity contribution < 1.29 is 4.74 Å². The summed E-state index contributed by atoms with van der Waals surface area (Å²) in [5.41, 5.74) is 0. The van der Waals surface area contributed by atoms with Gasteiger partial charge in [0.1, 0.15) is 4.87 Å². The average molecular weight is 258 g/mol. The average Bonchev–Trinajstić information content (AvgIpc) is 2.51. The van der Waals surface area contributed by atoms with E-state index >= 15 is 0 Å². The number of halogens is 1. The van der Waals surface area contributed by atoms with E-state index in [2.05, 4.69) is 38.9 Å². The molecule has 0 aromatic heterocycles. The van der Waals surface area contributed by atoms with Gasteiger partial charge in [0.05, 0.1) is 18.2 Å². The fourth-order valence-electron chi connectivity index (χ4n) is 2.68. The van der Waals surface area contributed by atoms with Crippen molar-refractivity contribution in [3.8, 4) is 12.3 Å². The molecule has 4 atom stereocenters. The van der Waals surface area contributed by atoms with Crippen molar-refractivity contribution >= 4 is 11.6 Å². The van der Waals surface area contributed by atoms with E-state index in [0.717, 1.165) is 6.42 Å². The van der Waals surface area contributed by atoms with Crippen LogP contribution in [0.3, 0.4) is 0 Å². The molecule has 0 aromatic rings. The SMILES string of the molecule is C#C[C@]1(Cl)[C@H](C(C)C)O[C@H](CC(C)C)[C@@H]1NC. The third-order valence-corrected chi connectivity index (χ3v) is 3.96. The quantitative estimate of drug-likeness (QED) is 0.618. The number of ether oxygens (including phenoxy) is 1. The lowest BCUT2D eigenvalue weighted by atomic mass is 9.86. The van der Waals surface area contributed by atoms with E-state index in [1.807, 2.05) is 7.05 Å². The maximum Gasteiger partial charge on any atom is 0.148 e. The van der Waals surface area contributed by atoms with Crippen LogP contribution in [0.5, 0.6) is 0 Å². The number of nitrogens with one attached hydrogen (secondary N) is 1. The molecule has 1 saturated heterocycles. The van der Waals surface area contributed by atoms with Crippen molar-refractivity contribution in [3.63, 3.8) is 0 Å². The lowest BCUT2D eigenvalue weighted by molar-refractivity contribution is 0.00326. The number of rotatable bonds is 4. The molecule has 0 saturated carbocycles. The smallest absolute Gasteiger partial charge is 0.148 e. The Kier molecular flexibility index (Phi) is 4.89. The molecule has 0 amide bonds. The maximum atomic E-state index is 6.64. The van der Waals surface area contributed by atoms with Crippen LogP contribution in [0.1, 0.15) is 34.1 Å². The predicted octanol–water partition coefficient (Wildman–Crippen LogP) is 2.65. The van der Waals surface area contributed by atoms with Crippen LogP contribution in [0.25, 0.3) is 0 Å². The van der Waals surface area contributed by atoms with Crippen LogP contribution in [-0.2, 0) is 4.74 Å². The summed E-state index contributed by atoms with van der Waals surface area (Å²) < 4.78 is 6.11. The third kappa shape index (κ3) is 2.78.